The molecule has 140 valence electrons. The van der Waals surface area contributed by atoms with E-state index in [2.05, 4.69) is 32.7 Å². The molecule has 3 heterocycles. The number of aryl methyl sites for hydroxylation is 1. The summed E-state index contributed by atoms with van der Waals surface area (Å²) in [5, 5.41) is 10.1. The van der Waals surface area contributed by atoms with Crippen molar-refractivity contribution < 1.29 is 9.53 Å². The van der Waals surface area contributed by atoms with Gasteiger partial charge in [-0.05, 0) is 25.6 Å². The molecule has 2 amide bonds. The molecule has 2 N–H and O–H groups in total. The van der Waals surface area contributed by atoms with Crippen molar-refractivity contribution in [3.8, 4) is 0 Å². The maximum Gasteiger partial charge on any atom is 0.315 e. The van der Waals surface area contributed by atoms with Gasteiger partial charge in [-0.2, -0.15) is 5.10 Å². The molecule has 0 aromatic carbocycles. The Morgan fingerprint density at radius 3 is 2.96 bits per heavy atom. The highest BCUT2D eigenvalue weighted by Crippen LogP contribution is 2.27. The topological polar surface area (TPSA) is 84.3 Å². The van der Waals surface area contributed by atoms with Gasteiger partial charge in [0.15, 0.2) is 0 Å². The summed E-state index contributed by atoms with van der Waals surface area (Å²) in [7, 11) is 3.96. The Morgan fingerprint density at radius 2 is 2.27 bits per heavy atom. The van der Waals surface area contributed by atoms with Crippen LogP contribution in [0.4, 0.5) is 4.79 Å². The molecule has 1 aliphatic heterocycles. The van der Waals surface area contributed by atoms with Crippen molar-refractivity contribution in [1.82, 2.24) is 30.3 Å². The van der Waals surface area contributed by atoms with Crippen molar-refractivity contribution >= 4 is 6.03 Å². The Bertz CT molecular complexity index is 719. The molecule has 1 aliphatic rings. The molecule has 3 atom stereocenters. The monoisotopic (exact) mass is 358 g/mol. The summed E-state index contributed by atoms with van der Waals surface area (Å²) in [6.07, 6.45) is 7.19. The van der Waals surface area contributed by atoms with Gasteiger partial charge in [0.25, 0.3) is 0 Å². The Hall–Kier alpha value is -2.45. The number of ether oxygens (including phenoxy) is 1. The summed E-state index contributed by atoms with van der Waals surface area (Å²) in [4.78, 5) is 18.6. The Kier molecular flexibility index (Phi) is 5.85. The van der Waals surface area contributed by atoms with Crippen LogP contribution < -0.4 is 10.6 Å². The van der Waals surface area contributed by atoms with Crippen molar-refractivity contribution in [3.05, 3.63) is 48.0 Å². The molecule has 0 saturated carbocycles. The summed E-state index contributed by atoms with van der Waals surface area (Å²) < 4.78 is 7.72. The molecule has 26 heavy (non-hydrogen) atoms. The number of hydrogen-bond donors (Lipinski definition) is 2. The third-order valence-corrected chi connectivity index (χ3v) is 4.67. The number of carbonyl (C=O) groups excluding carboxylic acids is 1. The lowest BCUT2D eigenvalue weighted by Gasteiger charge is -2.38. The summed E-state index contributed by atoms with van der Waals surface area (Å²) in [5.74, 6) is 0. The average molecular weight is 358 g/mol. The van der Waals surface area contributed by atoms with Crippen LogP contribution in [0.2, 0.25) is 0 Å². The summed E-state index contributed by atoms with van der Waals surface area (Å²) in [5.41, 5.74) is 2.05. The number of nitrogens with zero attached hydrogens (tertiary/aromatic N) is 4. The Balaban J connectivity index is 1.57. The van der Waals surface area contributed by atoms with Crippen LogP contribution in [0, 0.1) is 0 Å². The first-order valence-corrected chi connectivity index (χ1v) is 8.79. The SMILES string of the molecule is C[C@H](NC(=O)NC[C@@H]1OCCN(C)[C@H]1c1cnn(C)c1)c1cccnc1. The number of urea groups is 1. The summed E-state index contributed by atoms with van der Waals surface area (Å²) >= 11 is 0. The second-order valence-electron chi connectivity index (χ2n) is 6.64. The van der Waals surface area contributed by atoms with Gasteiger partial charge in [0, 0.05) is 44.3 Å². The van der Waals surface area contributed by atoms with E-state index < -0.39 is 0 Å². The van der Waals surface area contributed by atoms with Crippen LogP contribution in [0.1, 0.15) is 30.1 Å². The van der Waals surface area contributed by atoms with Crippen LogP contribution in [-0.4, -0.2) is 58.5 Å². The molecule has 3 rings (SSSR count). The number of rotatable bonds is 5. The standard InChI is InChI=1S/C18H26N6O2/c1-13(14-5-4-6-19-9-14)22-18(25)20-11-16-17(23(2)7-8-26-16)15-10-21-24(3)12-15/h4-6,9-10,12-13,16-17H,7-8,11H2,1-3H3,(H2,20,22,25)/t13-,16-,17-/m0/s1. The van der Waals surface area contributed by atoms with Crippen molar-refractivity contribution in [2.45, 2.75) is 25.1 Å². The number of pyridine rings is 1. The van der Waals surface area contributed by atoms with E-state index in [0.29, 0.717) is 13.2 Å². The van der Waals surface area contributed by atoms with E-state index in [0.717, 1.165) is 17.7 Å². The van der Waals surface area contributed by atoms with E-state index in [9.17, 15) is 4.79 Å². The number of hydrogen-bond acceptors (Lipinski definition) is 5. The summed E-state index contributed by atoms with van der Waals surface area (Å²) in [6.45, 7) is 3.85. The van der Waals surface area contributed by atoms with Gasteiger partial charge in [-0.1, -0.05) is 6.07 Å². The molecule has 0 radical (unpaired) electrons. The van der Waals surface area contributed by atoms with Gasteiger partial charge < -0.3 is 15.4 Å². The maximum absolute atomic E-state index is 12.3. The third-order valence-electron chi connectivity index (χ3n) is 4.67. The molecular weight excluding hydrogens is 332 g/mol. The predicted octanol–water partition coefficient (Wildman–Crippen LogP) is 1.25. The number of nitrogens with one attached hydrogen (secondary N) is 2. The minimum atomic E-state index is -0.219. The first-order valence-electron chi connectivity index (χ1n) is 8.79. The van der Waals surface area contributed by atoms with Crippen molar-refractivity contribution in [2.75, 3.05) is 26.7 Å². The molecule has 0 spiro atoms. The van der Waals surface area contributed by atoms with Crippen molar-refractivity contribution in [3.63, 3.8) is 0 Å². The van der Waals surface area contributed by atoms with E-state index in [1.807, 2.05) is 38.5 Å². The lowest BCUT2D eigenvalue weighted by Crippen LogP contribution is -2.49. The molecule has 8 heteroatoms. The van der Waals surface area contributed by atoms with Gasteiger partial charge >= 0.3 is 6.03 Å². The van der Waals surface area contributed by atoms with Gasteiger partial charge in [-0.3, -0.25) is 14.6 Å². The number of carbonyl (C=O) groups is 1. The highest BCUT2D eigenvalue weighted by molar-refractivity contribution is 5.74. The second-order valence-corrected chi connectivity index (χ2v) is 6.64. The highest BCUT2D eigenvalue weighted by atomic mass is 16.5. The normalized spacial score (nSPS) is 22.0. The zero-order valence-electron chi connectivity index (χ0n) is 15.4. The van der Waals surface area contributed by atoms with E-state index >= 15 is 0 Å². The van der Waals surface area contributed by atoms with Crippen LogP contribution in [-0.2, 0) is 11.8 Å². The van der Waals surface area contributed by atoms with Crippen LogP contribution in [0.5, 0.6) is 0 Å². The number of aromatic nitrogens is 3. The van der Waals surface area contributed by atoms with Crippen molar-refractivity contribution in [2.24, 2.45) is 7.05 Å². The van der Waals surface area contributed by atoms with Crippen LogP contribution >= 0.6 is 0 Å². The molecule has 1 fully saturated rings. The fraction of sp³-hybridized carbons (Fsp3) is 0.500. The smallest absolute Gasteiger partial charge is 0.315 e. The average Bonchev–Trinajstić information content (AvgIpc) is 3.06. The quantitative estimate of drug-likeness (QED) is 0.840. The molecular formula is C18H26N6O2. The minimum Gasteiger partial charge on any atom is -0.373 e. The van der Waals surface area contributed by atoms with E-state index in [4.69, 9.17) is 4.74 Å². The first kappa shape index (κ1) is 18.3. The molecule has 0 aliphatic carbocycles. The van der Waals surface area contributed by atoms with E-state index in [1.54, 1.807) is 17.1 Å². The zero-order chi connectivity index (χ0) is 18.5. The third kappa shape index (κ3) is 4.39. The first-order chi connectivity index (χ1) is 12.5. The largest absolute Gasteiger partial charge is 0.373 e. The van der Waals surface area contributed by atoms with Crippen LogP contribution in [0.15, 0.2) is 36.9 Å². The fourth-order valence-corrected chi connectivity index (χ4v) is 3.25. The second kappa shape index (κ2) is 8.29. The van der Waals surface area contributed by atoms with Gasteiger partial charge in [-0.15, -0.1) is 0 Å². The number of amides is 2. The van der Waals surface area contributed by atoms with E-state index in [-0.39, 0.29) is 24.2 Å². The Labute approximate surface area is 153 Å². The lowest BCUT2D eigenvalue weighted by atomic mass is 10.0. The summed E-state index contributed by atoms with van der Waals surface area (Å²) in [6, 6.07) is 3.52. The fourth-order valence-electron chi connectivity index (χ4n) is 3.25. The van der Waals surface area contributed by atoms with Crippen LogP contribution in [0.25, 0.3) is 0 Å². The van der Waals surface area contributed by atoms with Crippen molar-refractivity contribution in [1.29, 1.82) is 0 Å². The van der Waals surface area contributed by atoms with Gasteiger partial charge in [-0.25, -0.2) is 4.79 Å². The zero-order valence-corrected chi connectivity index (χ0v) is 15.4. The number of likely N-dealkylation sites (N-methyl/N-ethyl adjacent to an activating group) is 1. The Morgan fingerprint density at radius 1 is 1.42 bits per heavy atom. The van der Waals surface area contributed by atoms with E-state index in [1.165, 1.54) is 0 Å². The molecule has 2 aromatic heterocycles. The minimum absolute atomic E-state index is 0.0634. The lowest BCUT2D eigenvalue weighted by molar-refractivity contribution is -0.0602. The molecule has 0 bridgehead atoms. The maximum atomic E-state index is 12.3. The van der Waals surface area contributed by atoms with Gasteiger partial charge in [0.1, 0.15) is 0 Å². The molecule has 0 unspecified atom stereocenters. The molecule has 2 aromatic rings. The van der Waals surface area contributed by atoms with Crippen LogP contribution in [0.3, 0.4) is 0 Å². The predicted molar refractivity (Wildman–Crippen MR) is 97.5 cm³/mol. The highest BCUT2D eigenvalue weighted by Gasteiger charge is 2.32. The molecule has 8 nitrogen and oxygen atoms in total. The molecule has 1 saturated heterocycles. The van der Waals surface area contributed by atoms with Gasteiger partial charge in [0.05, 0.1) is 31.0 Å². The van der Waals surface area contributed by atoms with Gasteiger partial charge in [0.2, 0.25) is 0 Å². The number of morpholine rings is 1.